The van der Waals surface area contributed by atoms with Gasteiger partial charge in [-0.3, -0.25) is 4.55 Å². The van der Waals surface area contributed by atoms with Gasteiger partial charge in [0, 0.05) is 0 Å². The van der Waals surface area contributed by atoms with Gasteiger partial charge in [0.05, 0.1) is 18.8 Å². The van der Waals surface area contributed by atoms with Gasteiger partial charge >= 0.3 is 10.4 Å². The molecule has 0 spiro atoms. The lowest BCUT2D eigenvalue weighted by atomic mass is 9.84. The third-order valence-corrected chi connectivity index (χ3v) is 2.23. The van der Waals surface area contributed by atoms with Crippen molar-refractivity contribution in [3.8, 4) is 0 Å². The largest absolute Gasteiger partial charge is 0.397 e. The van der Waals surface area contributed by atoms with Gasteiger partial charge in [-0.2, -0.15) is 8.42 Å². The molecule has 0 aliphatic carbocycles. The summed E-state index contributed by atoms with van der Waals surface area (Å²) in [6.45, 7) is 10.1. The monoisotopic (exact) mass is 254 g/mol. The average molecular weight is 254 g/mol. The molecule has 6 heteroatoms. The molecule has 1 N–H and O–H groups in total. The minimum absolute atomic E-state index is 0.128. The number of rotatable bonds is 6. The fourth-order valence-electron chi connectivity index (χ4n) is 1.79. The highest BCUT2D eigenvalue weighted by Gasteiger charge is 2.26. The molecule has 0 bridgehead atoms. The zero-order chi connectivity index (χ0) is 13.0. The van der Waals surface area contributed by atoms with Gasteiger partial charge in [0.2, 0.25) is 0 Å². The maximum atomic E-state index is 10.3. The number of hydrogen-bond acceptors (Lipinski definition) is 4. The third-order valence-electron chi connectivity index (χ3n) is 1.76. The third kappa shape index (κ3) is 10.4. The quantitative estimate of drug-likeness (QED) is 0.580. The fourth-order valence-corrected chi connectivity index (χ4v) is 2.06. The molecule has 16 heavy (non-hydrogen) atoms. The van der Waals surface area contributed by atoms with Gasteiger partial charge in [0.15, 0.2) is 0 Å². The van der Waals surface area contributed by atoms with Crippen molar-refractivity contribution in [3.05, 3.63) is 0 Å². The topological polar surface area (TPSA) is 72.8 Å². The van der Waals surface area contributed by atoms with Crippen LogP contribution in [-0.4, -0.2) is 31.8 Å². The number of ether oxygens (including phenoxy) is 1. The molecule has 0 aliphatic rings. The minimum Gasteiger partial charge on any atom is -0.373 e. The summed E-state index contributed by atoms with van der Waals surface area (Å²) < 4.78 is 38.5. The second-order valence-corrected chi connectivity index (χ2v) is 6.69. The highest BCUT2D eigenvalue weighted by atomic mass is 32.3. The normalized spacial score (nSPS) is 14.1. The van der Waals surface area contributed by atoms with Gasteiger partial charge in [-0.25, -0.2) is 4.18 Å². The van der Waals surface area contributed by atoms with E-state index >= 15 is 0 Å². The first-order valence-electron chi connectivity index (χ1n) is 5.17. The van der Waals surface area contributed by atoms with Crippen LogP contribution in [0.4, 0.5) is 0 Å². The van der Waals surface area contributed by atoms with E-state index in [2.05, 4.69) is 25.0 Å². The molecule has 0 aliphatic heterocycles. The maximum absolute atomic E-state index is 10.3. The fraction of sp³-hybridized carbons (Fsp3) is 1.00. The van der Waals surface area contributed by atoms with Crippen LogP contribution in [-0.2, 0) is 19.3 Å². The van der Waals surface area contributed by atoms with Gasteiger partial charge in [-0.1, -0.05) is 20.8 Å². The van der Waals surface area contributed by atoms with Crippen LogP contribution >= 0.6 is 0 Å². The Morgan fingerprint density at radius 1 is 1.06 bits per heavy atom. The summed E-state index contributed by atoms with van der Waals surface area (Å²) in [7, 11) is -4.36. The van der Waals surface area contributed by atoms with E-state index in [0.717, 1.165) is 6.42 Å². The lowest BCUT2D eigenvalue weighted by Gasteiger charge is -2.32. The van der Waals surface area contributed by atoms with E-state index in [0.29, 0.717) is 0 Å². The van der Waals surface area contributed by atoms with Crippen LogP contribution in [0.1, 0.15) is 41.0 Å². The van der Waals surface area contributed by atoms with E-state index < -0.39 is 10.4 Å². The molecular weight excluding hydrogens is 232 g/mol. The summed E-state index contributed by atoms with van der Waals surface area (Å²) in [6.07, 6.45) is 0.839. The van der Waals surface area contributed by atoms with E-state index in [-0.39, 0.29) is 24.2 Å². The van der Waals surface area contributed by atoms with Crippen LogP contribution in [0.15, 0.2) is 0 Å². The zero-order valence-corrected chi connectivity index (χ0v) is 11.4. The molecule has 0 unspecified atom stereocenters. The van der Waals surface area contributed by atoms with E-state index in [1.807, 2.05) is 13.8 Å². The van der Waals surface area contributed by atoms with E-state index in [1.54, 1.807) is 0 Å². The van der Waals surface area contributed by atoms with Crippen LogP contribution in [0.25, 0.3) is 0 Å². The van der Waals surface area contributed by atoms with Crippen molar-refractivity contribution in [3.63, 3.8) is 0 Å². The van der Waals surface area contributed by atoms with Crippen molar-refractivity contribution in [1.82, 2.24) is 0 Å². The summed E-state index contributed by atoms with van der Waals surface area (Å²) in [4.78, 5) is 0. The first-order valence-corrected chi connectivity index (χ1v) is 6.54. The summed E-state index contributed by atoms with van der Waals surface area (Å²) in [6, 6.07) is 0. The molecule has 0 aromatic carbocycles. The van der Waals surface area contributed by atoms with Crippen LogP contribution in [0.3, 0.4) is 0 Å². The molecule has 98 valence electrons. The Kier molecular flexibility index (Phi) is 5.38. The Morgan fingerprint density at radius 2 is 1.56 bits per heavy atom. The maximum Gasteiger partial charge on any atom is 0.397 e. The molecule has 0 heterocycles. The van der Waals surface area contributed by atoms with Gasteiger partial charge in [0.1, 0.15) is 0 Å². The van der Waals surface area contributed by atoms with Gasteiger partial charge < -0.3 is 4.74 Å². The molecular formula is C10H22O5S. The van der Waals surface area contributed by atoms with E-state index in [1.165, 1.54) is 0 Å². The Hall–Kier alpha value is -0.170. The summed E-state index contributed by atoms with van der Waals surface area (Å²) in [5, 5.41) is 0. The molecule has 5 nitrogen and oxygen atoms in total. The molecule has 0 saturated heterocycles. The van der Waals surface area contributed by atoms with E-state index in [4.69, 9.17) is 9.29 Å². The van der Waals surface area contributed by atoms with Crippen molar-refractivity contribution in [2.75, 3.05) is 13.2 Å². The second kappa shape index (κ2) is 5.44. The second-order valence-electron chi connectivity index (χ2n) is 5.60. The molecule has 0 radical (unpaired) electrons. The van der Waals surface area contributed by atoms with Gasteiger partial charge in [0.25, 0.3) is 0 Å². The lowest BCUT2D eigenvalue weighted by molar-refractivity contribution is -0.0529. The minimum atomic E-state index is -4.36. The highest BCUT2D eigenvalue weighted by molar-refractivity contribution is 7.80. The van der Waals surface area contributed by atoms with Crippen LogP contribution in [0, 0.1) is 5.41 Å². The Labute approximate surface area is 98.1 Å². The molecule has 0 amide bonds. The van der Waals surface area contributed by atoms with Crippen molar-refractivity contribution in [2.45, 2.75) is 46.6 Å². The molecule has 0 aromatic rings. The average Bonchev–Trinajstić information content (AvgIpc) is 1.91. The first-order chi connectivity index (χ1) is 6.91. The van der Waals surface area contributed by atoms with Crippen molar-refractivity contribution < 1.29 is 21.9 Å². The highest BCUT2D eigenvalue weighted by Crippen LogP contribution is 2.29. The smallest absolute Gasteiger partial charge is 0.373 e. The SMILES string of the molecule is CC(C)(C)CC(C)(C)OCCOS(=O)(=O)O. The summed E-state index contributed by atoms with van der Waals surface area (Å²) in [5.74, 6) is 0. The molecule has 0 rings (SSSR count). The summed E-state index contributed by atoms with van der Waals surface area (Å²) in [5.41, 5.74) is -0.214. The van der Waals surface area contributed by atoms with Crippen LogP contribution < -0.4 is 0 Å². The molecule has 0 saturated carbocycles. The Bertz CT molecular complexity index is 300. The van der Waals surface area contributed by atoms with Crippen LogP contribution in [0.2, 0.25) is 0 Å². The molecule has 0 fully saturated rings. The Morgan fingerprint density at radius 3 is 1.94 bits per heavy atom. The van der Waals surface area contributed by atoms with Crippen LogP contribution in [0.5, 0.6) is 0 Å². The lowest BCUT2D eigenvalue weighted by Crippen LogP contribution is -2.31. The first kappa shape index (κ1) is 15.8. The zero-order valence-electron chi connectivity index (χ0n) is 10.6. The summed E-state index contributed by atoms with van der Waals surface area (Å²) >= 11 is 0. The van der Waals surface area contributed by atoms with Crippen molar-refractivity contribution in [2.24, 2.45) is 5.41 Å². The molecule has 0 atom stereocenters. The van der Waals surface area contributed by atoms with Crippen molar-refractivity contribution >= 4 is 10.4 Å². The van der Waals surface area contributed by atoms with E-state index in [9.17, 15) is 8.42 Å². The number of hydrogen-bond donors (Lipinski definition) is 1. The van der Waals surface area contributed by atoms with Gasteiger partial charge in [-0.05, 0) is 25.7 Å². The standard InChI is InChI=1S/C10H22O5S/c1-9(2,3)8-10(4,5)14-6-7-15-16(11,12)13/h6-8H2,1-5H3,(H,11,12,13). The predicted octanol–water partition coefficient (Wildman–Crippen LogP) is 2.04. The Balaban J connectivity index is 3.92. The van der Waals surface area contributed by atoms with Crippen molar-refractivity contribution in [1.29, 1.82) is 0 Å². The predicted molar refractivity (Wildman–Crippen MR) is 61.6 cm³/mol. The molecule has 0 aromatic heterocycles. The van der Waals surface area contributed by atoms with Gasteiger partial charge in [-0.15, -0.1) is 0 Å².